The number of carbonyl (C=O) groups is 1. The molecule has 1 aliphatic rings. The highest BCUT2D eigenvalue weighted by molar-refractivity contribution is 8.00. The topological polar surface area (TPSA) is 32.3 Å². The Morgan fingerprint density at radius 2 is 2.19 bits per heavy atom. The largest absolute Gasteiger partial charge is 0.338 e. The number of amides is 1. The van der Waals surface area contributed by atoms with E-state index in [0.717, 1.165) is 18.8 Å². The van der Waals surface area contributed by atoms with Crippen molar-refractivity contribution in [2.45, 2.75) is 32.1 Å². The van der Waals surface area contributed by atoms with Gasteiger partial charge in [-0.25, -0.2) is 0 Å². The number of nitrogens with one attached hydrogen (secondary N) is 1. The molecule has 1 heterocycles. The maximum atomic E-state index is 12.1. The normalized spacial score (nSPS) is 27.1. The van der Waals surface area contributed by atoms with E-state index in [4.69, 9.17) is 0 Å². The number of nitrogens with zero attached hydrogens (tertiary/aromatic N) is 1. The van der Waals surface area contributed by atoms with Gasteiger partial charge in [0.25, 0.3) is 0 Å². The van der Waals surface area contributed by atoms with Gasteiger partial charge >= 0.3 is 0 Å². The van der Waals surface area contributed by atoms with Crippen molar-refractivity contribution >= 4 is 30.1 Å². The van der Waals surface area contributed by atoms with Crippen LogP contribution in [0.5, 0.6) is 0 Å². The van der Waals surface area contributed by atoms with Crippen LogP contribution in [-0.4, -0.2) is 48.0 Å². The van der Waals surface area contributed by atoms with Crippen molar-refractivity contribution in [3.63, 3.8) is 0 Å². The van der Waals surface area contributed by atoms with Crippen molar-refractivity contribution in [2.75, 3.05) is 25.9 Å². The minimum atomic E-state index is 0. The van der Waals surface area contributed by atoms with Crippen LogP contribution >= 0.6 is 24.2 Å². The fourth-order valence-electron chi connectivity index (χ4n) is 1.92. The molecule has 0 aromatic rings. The minimum absolute atomic E-state index is 0. The fraction of sp³-hybridized carbons (Fsp3) is 0.909. The van der Waals surface area contributed by atoms with Gasteiger partial charge in [-0.2, -0.15) is 11.8 Å². The van der Waals surface area contributed by atoms with Crippen molar-refractivity contribution in [2.24, 2.45) is 5.92 Å². The summed E-state index contributed by atoms with van der Waals surface area (Å²) in [4.78, 5) is 14.2. The molecule has 1 fully saturated rings. The summed E-state index contributed by atoms with van der Waals surface area (Å²) in [7, 11) is 1.89. The maximum Gasteiger partial charge on any atom is 0.226 e. The fourth-order valence-corrected chi connectivity index (χ4v) is 3.02. The molecule has 1 amide bonds. The van der Waals surface area contributed by atoms with E-state index in [1.54, 1.807) is 0 Å². The molecule has 16 heavy (non-hydrogen) atoms. The Morgan fingerprint density at radius 3 is 2.75 bits per heavy atom. The summed E-state index contributed by atoms with van der Waals surface area (Å²) in [5.74, 6) is 1.46. The molecule has 3 nitrogen and oxygen atoms in total. The van der Waals surface area contributed by atoms with Gasteiger partial charge in [0.05, 0.1) is 0 Å². The number of hydrogen-bond acceptors (Lipinski definition) is 3. The lowest BCUT2D eigenvalue weighted by atomic mass is 10.1. The number of thioether (sulfide) groups is 1. The molecular formula is C11H23ClN2OS. The van der Waals surface area contributed by atoms with Gasteiger partial charge in [-0.05, 0) is 14.0 Å². The highest BCUT2D eigenvalue weighted by atomic mass is 35.5. The monoisotopic (exact) mass is 266 g/mol. The van der Waals surface area contributed by atoms with Crippen LogP contribution in [0, 0.1) is 5.92 Å². The van der Waals surface area contributed by atoms with Gasteiger partial charge in [0.15, 0.2) is 0 Å². The van der Waals surface area contributed by atoms with Crippen LogP contribution in [0.1, 0.15) is 20.8 Å². The molecule has 0 radical (unpaired) electrons. The van der Waals surface area contributed by atoms with E-state index in [-0.39, 0.29) is 18.3 Å². The van der Waals surface area contributed by atoms with Gasteiger partial charge in [-0.3, -0.25) is 4.79 Å². The smallest absolute Gasteiger partial charge is 0.226 e. The highest BCUT2D eigenvalue weighted by Gasteiger charge is 2.30. The zero-order valence-electron chi connectivity index (χ0n) is 10.5. The average Bonchev–Trinajstić information content (AvgIpc) is 2.21. The number of rotatable bonds is 3. The molecule has 0 spiro atoms. The lowest BCUT2D eigenvalue weighted by Gasteiger charge is -2.38. The Kier molecular flexibility index (Phi) is 7.44. The molecule has 1 saturated heterocycles. The zero-order chi connectivity index (χ0) is 11.4. The van der Waals surface area contributed by atoms with E-state index >= 15 is 0 Å². The van der Waals surface area contributed by atoms with Crippen LogP contribution in [0.2, 0.25) is 0 Å². The Morgan fingerprint density at radius 1 is 1.56 bits per heavy atom. The van der Waals surface area contributed by atoms with Crippen molar-refractivity contribution in [1.29, 1.82) is 0 Å². The van der Waals surface area contributed by atoms with Crippen LogP contribution in [-0.2, 0) is 4.79 Å². The molecule has 0 bridgehead atoms. The lowest BCUT2D eigenvalue weighted by Crippen LogP contribution is -2.50. The Hall–Kier alpha value is 0.0700. The van der Waals surface area contributed by atoms with Gasteiger partial charge in [0.2, 0.25) is 5.91 Å². The van der Waals surface area contributed by atoms with Crippen molar-refractivity contribution in [3.05, 3.63) is 0 Å². The van der Waals surface area contributed by atoms with Gasteiger partial charge in [0, 0.05) is 36.1 Å². The molecule has 0 aromatic carbocycles. The van der Waals surface area contributed by atoms with Crippen LogP contribution in [0.25, 0.3) is 0 Å². The van der Waals surface area contributed by atoms with E-state index in [1.165, 1.54) is 0 Å². The quantitative estimate of drug-likeness (QED) is 0.843. The van der Waals surface area contributed by atoms with Crippen molar-refractivity contribution in [1.82, 2.24) is 10.2 Å². The van der Waals surface area contributed by atoms with E-state index in [9.17, 15) is 4.79 Å². The molecule has 0 aromatic heterocycles. The Labute approximate surface area is 109 Å². The molecule has 0 saturated carbocycles. The second-order valence-electron chi connectivity index (χ2n) is 4.31. The lowest BCUT2D eigenvalue weighted by molar-refractivity contribution is -0.136. The first-order chi connectivity index (χ1) is 7.07. The van der Waals surface area contributed by atoms with Gasteiger partial charge in [0.1, 0.15) is 0 Å². The van der Waals surface area contributed by atoms with E-state index in [0.29, 0.717) is 17.2 Å². The van der Waals surface area contributed by atoms with Crippen LogP contribution < -0.4 is 5.32 Å². The molecular weight excluding hydrogens is 244 g/mol. The summed E-state index contributed by atoms with van der Waals surface area (Å²) in [6.07, 6.45) is 0. The third-order valence-corrected chi connectivity index (χ3v) is 4.44. The predicted octanol–water partition coefficient (Wildman–Crippen LogP) is 1.62. The van der Waals surface area contributed by atoms with Crippen LogP contribution in [0.15, 0.2) is 0 Å². The summed E-state index contributed by atoms with van der Waals surface area (Å²) in [6.45, 7) is 8.03. The van der Waals surface area contributed by atoms with E-state index < -0.39 is 0 Å². The van der Waals surface area contributed by atoms with Gasteiger partial charge in [-0.15, -0.1) is 12.4 Å². The molecule has 0 aliphatic carbocycles. The van der Waals surface area contributed by atoms with Crippen LogP contribution in [0.3, 0.4) is 0 Å². The van der Waals surface area contributed by atoms with Crippen LogP contribution in [0.4, 0.5) is 0 Å². The Bertz CT molecular complexity index is 228. The van der Waals surface area contributed by atoms with E-state index in [2.05, 4.69) is 19.2 Å². The second-order valence-corrected chi connectivity index (χ2v) is 5.79. The summed E-state index contributed by atoms with van der Waals surface area (Å²) >= 11 is 1.96. The van der Waals surface area contributed by atoms with Crippen molar-refractivity contribution < 1.29 is 4.79 Å². The van der Waals surface area contributed by atoms with E-state index in [1.807, 2.05) is 30.6 Å². The van der Waals surface area contributed by atoms with Gasteiger partial charge in [-0.1, -0.05) is 13.8 Å². The first kappa shape index (κ1) is 16.1. The molecule has 1 aliphatic heterocycles. The predicted molar refractivity (Wildman–Crippen MR) is 73.4 cm³/mol. The second kappa shape index (κ2) is 7.41. The minimum Gasteiger partial charge on any atom is -0.338 e. The third kappa shape index (κ3) is 3.82. The average molecular weight is 267 g/mol. The summed E-state index contributed by atoms with van der Waals surface area (Å²) in [5, 5.41) is 3.62. The number of hydrogen-bond donors (Lipinski definition) is 1. The highest BCUT2D eigenvalue weighted by Crippen LogP contribution is 2.25. The van der Waals surface area contributed by atoms with Gasteiger partial charge < -0.3 is 10.2 Å². The standard InChI is InChI=1S/C11H22N2OS.ClH/c1-8(7-12-4)11(14)13-5-6-15-10(3)9(13)2;/h8-10,12H,5-7H2,1-4H3;1H. The maximum absolute atomic E-state index is 12.1. The summed E-state index contributed by atoms with van der Waals surface area (Å²) in [6, 6.07) is 0.371. The first-order valence-corrected chi connectivity index (χ1v) is 6.69. The number of carbonyl (C=O) groups excluding carboxylic acids is 1. The van der Waals surface area contributed by atoms with Crippen molar-refractivity contribution in [3.8, 4) is 0 Å². The molecule has 3 atom stereocenters. The number of halogens is 1. The molecule has 1 rings (SSSR count). The summed E-state index contributed by atoms with van der Waals surface area (Å²) in [5.41, 5.74) is 0. The first-order valence-electron chi connectivity index (χ1n) is 5.64. The third-order valence-electron chi connectivity index (χ3n) is 3.10. The molecule has 3 unspecified atom stereocenters. The molecule has 1 N–H and O–H groups in total. The summed E-state index contributed by atoms with van der Waals surface area (Å²) < 4.78 is 0. The Balaban J connectivity index is 0.00000225. The molecule has 5 heteroatoms. The zero-order valence-corrected chi connectivity index (χ0v) is 12.2. The molecule has 96 valence electrons. The SMILES string of the molecule is CNCC(C)C(=O)N1CCSC(C)C1C.Cl.